The van der Waals surface area contributed by atoms with Crippen LogP contribution < -0.4 is 10.5 Å². The van der Waals surface area contributed by atoms with Gasteiger partial charge in [-0.3, -0.25) is 10.2 Å². The lowest BCUT2D eigenvalue weighted by atomic mass is 10.1. The first-order chi connectivity index (χ1) is 7.44. The zero-order chi connectivity index (χ0) is 12.2. The van der Waals surface area contributed by atoms with Gasteiger partial charge in [-0.15, -0.1) is 0 Å². The van der Waals surface area contributed by atoms with E-state index >= 15 is 0 Å². The van der Waals surface area contributed by atoms with Crippen molar-refractivity contribution >= 4 is 11.8 Å². The van der Waals surface area contributed by atoms with Crippen molar-refractivity contribution in [1.82, 2.24) is 0 Å². The Labute approximate surface area is 91.8 Å². The van der Waals surface area contributed by atoms with Gasteiger partial charge in [0, 0.05) is 0 Å². The number of carboxylic acids is 1. The predicted octanol–water partition coefficient (Wildman–Crippen LogP) is 0.165. The van der Waals surface area contributed by atoms with E-state index in [2.05, 4.69) is 0 Å². The van der Waals surface area contributed by atoms with Gasteiger partial charge >= 0.3 is 5.97 Å². The summed E-state index contributed by atoms with van der Waals surface area (Å²) in [6.45, 7) is 0. The number of carboxylic acid groups (broad SMARTS) is 1. The van der Waals surface area contributed by atoms with E-state index in [1.54, 1.807) is 18.2 Å². The average Bonchev–Trinajstić information content (AvgIpc) is 2.17. The average molecular weight is 224 g/mol. The molecule has 1 aromatic rings. The molecule has 0 aliphatic rings. The quantitative estimate of drug-likeness (QED) is 0.323. The molecule has 0 radical (unpaired) electrons. The van der Waals surface area contributed by atoms with Crippen molar-refractivity contribution in [3.05, 3.63) is 30.3 Å². The SMILES string of the molecule is N=C(N)C(O)(CC(=O)O)Oc1ccccc1. The van der Waals surface area contributed by atoms with Gasteiger partial charge in [-0.1, -0.05) is 18.2 Å². The van der Waals surface area contributed by atoms with Crippen LogP contribution in [0.25, 0.3) is 0 Å². The van der Waals surface area contributed by atoms with Crippen LogP contribution in [0.1, 0.15) is 6.42 Å². The van der Waals surface area contributed by atoms with Gasteiger partial charge in [0.2, 0.25) is 0 Å². The molecule has 0 heterocycles. The second kappa shape index (κ2) is 4.63. The molecule has 0 bridgehead atoms. The van der Waals surface area contributed by atoms with Crippen LogP contribution in [0.3, 0.4) is 0 Å². The minimum atomic E-state index is -2.31. The number of rotatable bonds is 5. The van der Waals surface area contributed by atoms with Gasteiger partial charge in [0.15, 0.2) is 5.84 Å². The van der Waals surface area contributed by atoms with Crippen LogP contribution in [0.5, 0.6) is 5.75 Å². The molecule has 0 aliphatic carbocycles. The molecule has 6 heteroatoms. The number of amidine groups is 1. The molecule has 0 aromatic heterocycles. The number of ether oxygens (including phenoxy) is 1. The highest BCUT2D eigenvalue weighted by atomic mass is 16.6. The van der Waals surface area contributed by atoms with E-state index in [-0.39, 0.29) is 5.75 Å². The summed E-state index contributed by atoms with van der Waals surface area (Å²) >= 11 is 0. The van der Waals surface area contributed by atoms with Crippen molar-refractivity contribution in [2.24, 2.45) is 5.73 Å². The first-order valence-electron chi connectivity index (χ1n) is 4.47. The molecule has 1 rings (SSSR count). The van der Waals surface area contributed by atoms with Crippen LogP contribution in [0, 0.1) is 5.41 Å². The molecular formula is C10H12N2O4. The molecule has 1 aromatic carbocycles. The lowest BCUT2D eigenvalue weighted by Gasteiger charge is -2.25. The fraction of sp³-hybridized carbons (Fsp3) is 0.200. The molecule has 0 saturated heterocycles. The maximum atomic E-state index is 10.5. The molecule has 0 amide bonds. The standard InChI is InChI=1S/C10H12N2O4/c11-9(12)10(15,6-8(13)14)16-7-4-2-1-3-5-7/h1-5,15H,6H2,(H3,11,12)(H,13,14). The van der Waals surface area contributed by atoms with Crippen LogP contribution in [0.4, 0.5) is 0 Å². The summed E-state index contributed by atoms with van der Waals surface area (Å²) in [6, 6.07) is 8.08. The van der Waals surface area contributed by atoms with E-state index in [1.165, 1.54) is 12.1 Å². The van der Waals surface area contributed by atoms with Gasteiger partial charge in [0.05, 0.1) is 0 Å². The van der Waals surface area contributed by atoms with E-state index in [9.17, 15) is 9.90 Å². The van der Waals surface area contributed by atoms with Crippen LogP contribution in [0.15, 0.2) is 30.3 Å². The molecule has 0 aliphatic heterocycles. The van der Waals surface area contributed by atoms with Gasteiger partial charge in [-0.2, -0.15) is 0 Å². The number of hydrogen-bond acceptors (Lipinski definition) is 4. The Bertz CT molecular complexity index is 393. The summed E-state index contributed by atoms with van der Waals surface area (Å²) < 4.78 is 5.00. The third-order valence-corrected chi connectivity index (χ3v) is 1.84. The van der Waals surface area contributed by atoms with E-state index < -0.39 is 24.0 Å². The molecule has 0 saturated carbocycles. The minimum Gasteiger partial charge on any atom is -0.481 e. The lowest BCUT2D eigenvalue weighted by molar-refractivity contribution is -0.150. The second-order valence-electron chi connectivity index (χ2n) is 3.18. The number of hydrogen-bond donors (Lipinski definition) is 4. The number of carbonyl (C=O) groups is 1. The maximum Gasteiger partial charge on any atom is 0.310 e. The third kappa shape index (κ3) is 2.96. The molecule has 1 atom stereocenters. The van der Waals surface area contributed by atoms with Gasteiger partial charge < -0.3 is 20.7 Å². The van der Waals surface area contributed by atoms with E-state index in [4.69, 9.17) is 21.0 Å². The highest BCUT2D eigenvalue weighted by Crippen LogP contribution is 2.19. The van der Waals surface area contributed by atoms with Crippen molar-refractivity contribution < 1.29 is 19.7 Å². The molecule has 0 fully saturated rings. The number of nitrogens with one attached hydrogen (secondary N) is 1. The number of nitrogens with two attached hydrogens (primary N) is 1. The van der Waals surface area contributed by atoms with Gasteiger partial charge in [0.25, 0.3) is 5.79 Å². The summed E-state index contributed by atoms with van der Waals surface area (Å²) in [4.78, 5) is 10.5. The Kier molecular flexibility index (Phi) is 3.47. The molecule has 6 nitrogen and oxygen atoms in total. The molecule has 16 heavy (non-hydrogen) atoms. The summed E-state index contributed by atoms with van der Waals surface area (Å²) in [5.74, 6) is -4.14. The van der Waals surface area contributed by atoms with Crippen molar-refractivity contribution in [2.45, 2.75) is 12.2 Å². The Morgan fingerprint density at radius 1 is 1.44 bits per heavy atom. The van der Waals surface area contributed by atoms with Crippen molar-refractivity contribution in [3.63, 3.8) is 0 Å². The minimum absolute atomic E-state index is 0.237. The molecule has 1 unspecified atom stereocenters. The fourth-order valence-electron chi connectivity index (χ4n) is 1.07. The molecule has 86 valence electrons. The van der Waals surface area contributed by atoms with E-state index in [1.807, 2.05) is 0 Å². The lowest BCUT2D eigenvalue weighted by Crippen LogP contribution is -2.50. The van der Waals surface area contributed by atoms with E-state index in [0.717, 1.165) is 0 Å². The van der Waals surface area contributed by atoms with Crippen LogP contribution in [-0.4, -0.2) is 27.8 Å². The zero-order valence-corrected chi connectivity index (χ0v) is 8.38. The van der Waals surface area contributed by atoms with Gasteiger partial charge in [0.1, 0.15) is 12.2 Å². The van der Waals surface area contributed by atoms with Crippen LogP contribution >= 0.6 is 0 Å². The van der Waals surface area contributed by atoms with Gasteiger partial charge in [-0.05, 0) is 12.1 Å². The summed E-state index contributed by atoms with van der Waals surface area (Å²) in [5.41, 5.74) is 5.11. The van der Waals surface area contributed by atoms with Crippen LogP contribution in [0.2, 0.25) is 0 Å². The molecule has 5 N–H and O–H groups in total. The first kappa shape index (κ1) is 12.0. The number of benzene rings is 1. The summed E-state index contributed by atoms with van der Waals surface area (Å²) in [5, 5.41) is 25.5. The summed E-state index contributed by atoms with van der Waals surface area (Å²) in [7, 11) is 0. The highest BCUT2D eigenvalue weighted by Gasteiger charge is 2.36. The zero-order valence-electron chi connectivity index (χ0n) is 8.38. The smallest absolute Gasteiger partial charge is 0.310 e. The maximum absolute atomic E-state index is 10.5. The molecular weight excluding hydrogens is 212 g/mol. The van der Waals surface area contributed by atoms with Crippen molar-refractivity contribution in [2.75, 3.05) is 0 Å². The largest absolute Gasteiger partial charge is 0.481 e. The Morgan fingerprint density at radius 2 is 2.00 bits per heavy atom. The van der Waals surface area contributed by atoms with Crippen molar-refractivity contribution in [1.29, 1.82) is 5.41 Å². The van der Waals surface area contributed by atoms with Gasteiger partial charge in [-0.25, -0.2) is 0 Å². The third-order valence-electron chi connectivity index (χ3n) is 1.84. The number of aliphatic hydroxyl groups is 1. The summed E-state index contributed by atoms with van der Waals surface area (Å²) in [6.07, 6.45) is -0.794. The second-order valence-corrected chi connectivity index (χ2v) is 3.18. The topological polar surface area (TPSA) is 117 Å². The molecule has 0 spiro atoms. The highest BCUT2D eigenvalue weighted by molar-refractivity contribution is 5.88. The Hall–Kier alpha value is -2.08. The predicted molar refractivity (Wildman–Crippen MR) is 56.2 cm³/mol. The van der Waals surface area contributed by atoms with Crippen molar-refractivity contribution in [3.8, 4) is 5.75 Å². The fourth-order valence-corrected chi connectivity index (χ4v) is 1.07. The van der Waals surface area contributed by atoms with E-state index in [0.29, 0.717) is 0 Å². The first-order valence-corrected chi connectivity index (χ1v) is 4.47. The number of aliphatic carboxylic acids is 1. The Balaban J connectivity index is 2.87. The normalized spacial score (nSPS) is 13.8. The Morgan fingerprint density at radius 3 is 2.44 bits per heavy atom. The number of para-hydroxylation sites is 1. The van der Waals surface area contributed by atoms with Crippen LogP contribution in [-0.2, 0) is 4.79 Å². The monoisotopic (exact) mass is 224 g/mol.